The van der Waals surface area contributed by atoms with Gasteiger partial charge in [0.25, 0.3) is 0 Å². The van der Waals surface area contributed by atoms with Crippen molar-refractivity contribution in [3.05, 3.63) is 52.5 Å². The Balaban J connectivity index is 2.02. The molecule has 2 N–H and O–H groups in total. The Morgan fingerprint density at radius 1 is 1.33 bits per heavy atom. The molecular formula is C12H10BrN3O2. The molecule has 2 rings (SSSR count). The van der Waals surface area contributed by atoms with E-state index in [1.54, 1.807) is 36.7 Å². The predicted molar refractivity (Wildman–Crippen MR) is 69.7 cm³/mol. The highest BCUT2D eigenvalue weighted by atomic mass is 79.9. The number of hydrogen-bond acceptors (Lipinski definition) is 5. The van der Waals surface area contributed by atoms with Crippen molar-refractivity contribution < 1.29 is 9.53 Å². The summed E-state index contributed by atoms with van der Waals surface area (Å²) in [7, 11) is 0. The van der Waals surface area contributed by atoms with Gasteiger partial charge in [0.15, 0.2) is 12.4 Å². The van der Waals surface area contributed by atoms with E-state index < -0.39 is 5.97 Å². The summed E-state index contributed by atoms with van der Waals surface area (Å²) in [6, 6.07) is 6.58. The maximum absolute atomic E-state index is 11.7. The van der Waals surface area contributed by atoms with Crippen LogP contribution >= 0.6 is 15.9 Å². The fraction of sp³-hybridized carbons (Fsp3) is 0.0833. The van der Waals surface area contributed by atoms with Gasteiger partial charge >= 0.3 is 5.97 Å². The highest BCUT2D eigenvalue weighted by Crippen LogP contribution is 2.20. The lowest BCUT2D eigenvalue weighted by atomic mass is 10.2. The fourth-order valence-corrected chi connectivity index (χ4v) is 1.54. The number of halogens is 1. The van der Waals surface area contributed by atoms with Gasteiger partial charge in [-0.15, -0.1) is 0 Å². The minimum absolute atomic E-state index is 0.0373. The predicted octanol–water partition coefficient (Wildman–Crippen LogP) is 2.18. The SMILES string of the molecule is Nc1cc(C(=O)OCc2ncccn2)ccc1Br. The van der Waals surface area contributed by atoms with Crippen molar-refractivity contribution >= 4 is 27.6 Å². The van der Waals surface area contributed by atoms with Crippen molar-refractivity contribution in [1.29, 1.82) is 0 Å². The third-order valence-corrected chi connectivity index (χ3v) is 2.91. The van der Waals surface area contributed by atoms with Crippen LogP contribution in [0.15, 0.2) is 41.1 Å². The number of ether oxygens (including phenoxy) is 1. The number of rotatable bonds is 3. The molecule has 0 amide bonds. The van der Waals surface area contributed by atoms with Crippen LogP contribution in [0.25, 0.3) is 0 Å². The first-order chi connectivity index (χ1) is 8.66. The van der Waals surface area contributed by atoms with E-state index in [-0.39, 0.29) is 6.61 Å². The molecule has 1 aromatic heterocycles. The number of nitrogens with two attached hydrogens (primary N) is 1. The van der Waals surface area contributed by atoms with Crippen LogP contribution in [-0.4, -0.2) is 15.9 Å². The minimum Gasteiger partial charge on any atom is -0.454 e. The second-order valence-corrected chi connectivity index (χ2v) is 4.33. The Labute approximate surface area is 112 Å². The van der Waals surface area contributed by atoms with Gasteiger partial charge in [-0.3, -0.25) is 0 Å². The zero-order valence-electron chi connectivity index (χ0n) is 9.34. The summed E-state index contributed by atoms with van der Waals surface area (Å²) >= 11 is 3.26. The monoisotopic (exact) mass is 307 g/mol. The zero-order chi connectivity index (χ0) is 13.0. The molecule has 0 atom stereocenters. The van der Waals surface area contributed by atoms with Crippen LogP contribution in [0.4, 0.5) is 5.69 Å². The molecule has 18 heavy (non-hydrogen) atoms. The average Bonchev–Trinajstić information content (AvgIpc) is 2.40. The highest BCUT2D eigenvalue weighted by molar-refractivity contribution is 9.10. The smallest absolute Gasteiger partial charge is 0.338 e. The Bertz CT molecular complexity index is 561. The van der Waals surface area contributed by atoms with Crippen molar-refractivity contribution in [3.63, 3.8) is 0 Å². The fourth-order valence-electron chi connectivity index (χ4n) is 1.29. The molecule has 0 fully saturated rings. The molecule has 1 heterocycles. The molecule has 0 unspecified atom stereocenters. The van der Waals surface area contributed by atoms with E-state index in [0.717, 1.165) is 4.47 Å². The topological polar surface area (TPSA) is 78.1 Å². The molecule has 6 heteroatoms. The molecular weight excluding hydrogens is 298 g/mol. The number of nitrogens with zero attached hydrogens (tertiary/aromatic N) is 2. The first kappa shape index (κ1) is 12.5. The molecule has 0 bridgehead atoms. The van der Waals surface area contributed by atoms with Crippen LogP contribution in [-0.2, 0) is 11.3 Å². The molecule has 0 aliphatic rings. The van der Waals surface area contributed by atoms with Gasteiger partial charge in [-0.25, -0.2) is 14.8 Å². The molecule has 5 nitrogen and oxygen atoms in total. The molecule has 0 aliphatic heterocycles. The standard InChI is InChI=1S/C12H10BrN3O2/c13-9-3-2-8(6-10(9)14)12(17)18-7-11-15-4-1-5-16-11/h1-6H,7,14H2. The summed E-state index contributed by atoms with van der Waals surface area (Å²) in [6.07, 6.45) is 3.18. The van der Waals surface area contributed by atoms with E-state index in [4.69, 9.17) is 10.5 Å². The Kier molecular flexibility index (Phi) is 3.88. The Hall–Kier alpha value is -1.95. The van der Waals surface area contributed by atoms with E-state index in [9.17, 15) is 4.79 Å². The van der Waals surface area contributed by atoms with Crippen LogP contribution < -0.4 is 5.73 Å². The molecule has 2 aromatic rings. The van der Waals surface area contributed by atoms with Crippen molar-refractivity contribution in [3.8, 4) is 0 Å². The van der Waals surface area contributed by atoms with E-state index in [1.165, 1.54) is 0 Å². The van der Waals surface area contributed by atoms with Crippen LogP contribution in [0.3, 0.4) is 0 Å². The minimum atomic E-state index is -0.457. The summed E-state index contributed by atoms with van der Waals surface area (Å²) in [5.74, 6) is -0.00223. The molecule has 0 aliphatic carbocycles. The van der Waals surface area contributed by atoms with Gasteiger partial charge in [0.2, 0.25) is 0 Å². The van der Waals surface area contributed by atoms with Gasteiger partial charge in [0.05, 0.1) is 5.56 Å². The normalized spacial score (nSPS) is 10.1. The van der Waals surface area contributed by atoms with Gasteiger partial charge in [-0.2, -0.15) is 0 Å². The summed E-state index contributed by atoms with van der Waals surface area (Å²) in [4.78, 5) is 19.6. The van der Waals surface area contributed by atoms with Crippen LogP contribution in [0, 0.1) is 0 Å². The Morgan fingerprint density at radius 2 is 2.06 bits per heavy atom. The summed E-state index contributed by atoms with van der Waals surface area (Å²) in [5.41, 5.74) is 6.57. The lowest BCUT2D eigenvalue weighted by molar-refractivity contribution is 0.0462. The maximum atomic E-state index is 11.7. The molecule has 1 aromatic carbocycles. The number of carbonyl (C=O) groups is 1. The average molecular weight is 308 g/mol. The maximum Gasteiger partial charge on any atom is 0.338 e. The second kappa shape index (κ2) is 5.59. The molecule has 92 valence electrons. The summed E-state index contributed by atoms with van der Waals surface area (Å²) < 4.78 is 5.82. The van der Waals surface area contributed by atoms with Crippen molar-refractivity contribution in [2.75, 3.05) is 5.73 Å². The second-order valence-electron chi connectivity index (χ2n) is 3.48. The molecule has 0 saturated carbocycles. The first-order valence-electron chi connectivity index (χ1n) is 5.15. The highest BCUT2D eigenvalue weighted by Gasteiger charge is 2.09. The lowest BCUT2D eigenvalue weighted by Crippen LogP contribution is -2.07. The molecule has 0 saturated heterocycles. The first-order valence-corrected chi connectivity index (χ1v) is 5.94. The van der Waals surface area contributed by atoms with Crippen molar-refractivity contribution in [2.24, 2.45) is 0 Å². The van der Waals surface area contributed by atoms with E-state index in [0.29, 0.717) is 17.1 Å². The number of hydrogen-bond donors (Lipinski definition) is 1. The summed E-state index contributed by atoms with van der Waals surface area (Å²) in [5, 5.41) is 0. The van der Waals surface area contributed by atoms with E-state index in [2.05, 4.69) is 25.9 Å². The molecule has 0 radical (unpaired) electrons. The molecule has 0 spiro atoms. The summed E-state index contributed by atoms with van der Waals surface area (Å²) in [6.45, 7) is 0.0373. The lowest BCUT2D eigenvalue weighted by Gasteiger charge is -2.05. The number of benzene rings is 1. The van der Waals surface area contributed by atoms with Crippen LogP contribution in [0.5, 0.6) is 0 Å². The van der Waals surface area contributed by atoms with Crippen LogP contribution in [0.1, 0.15) is 16.2 Å². The third-order valence-electron chi connectivity index (χ3n) is 2.18. The van der Waals surface area contributed by atoms with Crippen molar-refractivity contribution in [2.45, 2.75) is 6.61 Å². The van der Waals surface area contributed by atoms with Crippen LogP contribution in [0.2, 0.25) is 0 Å². The van der Waals surface area contributed by atoms with Gasteiger partial charge in [-0.1, -0.05) is 0 Å². The van der Waals surface area contributed by atoms with Gasteiger partial charge < -0.3 is 10.5 Å². The number of aromatic nitrogens is 2. The van der Waals surface area contributed by atoms with Crippen molar-refractivity contribution in [1.82, 2.24) is 9.97 Å². The van der Waals surface area contributed by atoms with Gasteiger partial charge in [0.1, 0.15) is 0 Å². The van der Waals surface area contributed by atoms with E-state index in [1.807, 2.05) is 0 Å². The van der Waals surface area contributed by atoms with E-state index >= 15 is 0 Å². The number of carbonyl (C=O) groups excluding carboxylic acids is 1. The number of esters is 1. The zero-order valence-corrected chi connectivity index (χ0v) is 10.9. The third kappa shape index (κ3) is 3.04. The number of anilines is 1. The quantitative estimate of drug-likeness (QED) is 0.694. The van der Waals surface area contributed by atoms with Gasteiger partial charge in [0, 0.05) is 22.6 Å². The van der Waals surface area contributed by atoms with Gasteiger partial charge in [-0.05, 0) is 40.2 Å². The Morgan fingerprint density at radius 3 is 2.72 bits per heavy atom. The largest absolute Gasteiger partial charge is 0.454 e. The number of nitrogen functional groups attached to an aromatic ring is 1.